The third kappa shape index (κ3) is 2.90. The maximum absolute atomic E-state index is 12.1. The predicted molar refractivity (Wildman–Crippen MR) is 68.3 cm³/mol. The van der Waals surface area contributed by atoms with Gasteiger partial charge in [-0.1, -0.05) is 6.92 Å². The van der Waals surface area contributed by atoms with Crippen molar-refractivity contribution in [1.82, 2.24) is 15.1 Å². The van der Waals surface area contributed by atoms with Crippen LogP contribution in [-0.4, -0.2) is 32.9 Å². The van der Waals surface area contributed by atoms with Gasteiger partial charge < -0.3 is 10.4 Å². The molecule has 1 fully saturated rings. The Hall–Kier alpha value is -1.36. The number of amides is 1. The number of carbonyl (C=O) groups is 1. The van der Waals surface area contributed by atoms with Crippen LogP contribution in [0, 0.1) is 0 Å². The monoisotopic (exact) mass is 251 g/mol. The largest absolute Gasteiger partial charge is 0.393 e. The molecule has 0 spiro atoms. The lowest BCUT2D eigenvalue weighted by atomic mass is 9.93. The van der Waals surface area contributed by atoms with Crippen molar-refractivity contribution in [1.29, 1.82) is 0 Å². The zero-order valence-corrected chi connectivity index (χ0v) is 11.0. The maximum atomic E-state index is 12.1. The number of carbonyl (C=O) groups excluding carboxylic acids is 1. The molecule has 1 heterocycles. The lowest BCUT2D eigenvalue weighted by Gasteiger charge is -2.26. The van der Waals surface area contributed by atoms with Crippen molar-refractivity contribution in [2.24, 2.45) is 7.05 Å². The summed E-state index contributed by atoms with van der Waals surface area (Å²) in [6.45, 7) is 2.02. The van der Waals surface area contributed by atoms with Crippen LogP contribution in [0.5, 0.6) is 0 Å². The summed E-state index contributed by atoms with van der Waals surface area (Å²) in [5, 5.41) is 16.7. The van der Waals surface area contributed by atoms with Gasteiger partial charge in [0.2, 0.25) is 0 Å². The van der Waals surface area contributed by atoms with Gasteiger partial charge in [0.15, 0.2) is 0 Å². The summed E-state index contributed by atoms with van der Waals surface area (Å²) in [5.74, 6) is -0.0638. The van der Waals surface area contributed by atoms with Crippen LogP contribution in [-0.2, 0) is 13.5 Å². The summed E-state index contributed by atoms with van der Waals surface area (Å²) >= 11 is 0. The van der Waals surface area contributed by atoms with E-state index in [9.17, 15) is 9.90 Å². The molecule has 0 bridgehead atoms. The first-order valence-electron chi connectivity index (χ1n) is 6.62. The quantitative estimate of drug-likeness (QED) is 0.842. The molecule has 2 N–H and O–H groups in total. The number of aromatic nitrogens is 2. The van der Waals surface area contributed by atoms with Crippen LogP contribution in [0.3, 0.4) is 0 Å². The van der Waals surface area contributed by atoms with Crippen molar-refractivity contribution in [3.05, 3.63) is 17.5 Å². The third-order valence-electron chi connectivity index (χ3n) is 3.56. The van der Waals surface area contributed by atoms with E-state index in [2.05, 4.69) is 10.4 Å². The molecular formula is C13H21N3O2. The van der Waals surface area contributed by atoms with Crippen molar-refractivity contribution in [3.63, 3.8) is 0 Å². The minimum atomic E-state index is -0.193. The molecule has 0 radical (unpaired) electrons. The Balaban J connectivity index is 1.96. The second-order valence-electron chi connectivity index (χ2n) is 4.98. The molecule has 0 aromatic carbocycles. The molecule has 1 aliphatic carbocycles. The van der Waals surface area contributed by atoms with Crippen molar-refractivity contribution < 1.29 is 9.90 Å². The van der Waals surface area contributed by atoms with Gasteiger partial charge in [-0.2, -0.15) is 5.10 Å². The summed E-state index contributed by atoms with van der Waals surface area (Å²) in [5.41, 5.74) is 1.54. The summed E-state index contributed by atoms with van der Waals surface area (Å²) in [4.78, 5) is 12.1. The Kier molecular flexibility index (Phi) is 4.01. The van der Waals surface area contributed by atoms with Crippen molar-refractivity contribution in [2.75, 3.05) is 0 Å². The van der Waals surface area contributed by atoms with Crippen LogP contribution < -0.4 is 5.32 Å². The van der Waals surface area contributed by atoms with Gasteiger partial charge in [-0.3, -0.25) is 9.48 Å². The zero-order chi connectivity index (χ0) is 13.1. The number of aliphatic hydroxyl groups excluding tert-OH is 1. The van der Waals surface area contributed by atoms with E-state index in [0.29, 0.717) is 5.69 Å². The number of aliphatic hydroxyl groups is 1. The number of hydrogen-bond donors (Lipinski definition) is 2. The van der Waals surface area contributed by atoms with Gasteiger partial charge >= 0.3 is 0 Å². The minimum Gasteiger partial charge on any atom is -0.393 e. The van der Waals surface area contributed by atoms with Crippen LogP contribution in [0.1, 0.15) is 48.8 Å². The molecule has 18 heavy (non-hydrogen) atoms. The molecule has 1 aliphatic rings. The number of aryl methyl sites for hydroxylation is 2. The van der Waals surface area contributed by atoms with Gasteiger partial charge in [0.05, 0.1) is 11.8 Å². The maximum Gasteiger partial charge on any atom is 0.269 e. The van der Waals surface area contributed by atoms with E-state index in [4.69, 9.17) is 0 Å². The van der Waals surface area contributed by atoms with Crippen molar-refractivity contribution in [3.8, 4) is 0 Å². The first kappa shape index (κ1) is 13.1. The Bertz CT molecular complexity index is 420. The SMILES string of the molecule is CCc1cc(C(=O)NC2CCC(O)CC2)n(C)n1. The van der Waals surface area contributed by atoms with Crippen LogP contribution in [0.15, 0.2) is 6.07 Å². The van der Waals surface area contributed by atoms with Gasteiger partial charge in [-0.05, 0) is 38.2 Å². The van der Waals surface area contributed by atoms with E-state index in [1.165, 1.54) is 0 Å². The van der Waals surface area contributed by atoms with Crippen molar-refractivity contribution >= 4 is 5.91 Å². The second kappa shape index (κ2) is 5.52. The van der Waals surface area contributed by atoms with Crippen LogP contribution in [0.2, 0.25) is 0 Å². The molecule has 5 heteroatoms. The van der Waals surface area contributed by atoms with Gasteiger partial charge in [0.25, 0.3) is 5.91 Å². The lowest BCUT2D eigenvalue weighted by molar-refractivity contribution is 0.0859. The van der Waals surface area contributed by atoms with E-state index in [0.717, 1.165) is 37.8 Å². The Labute approximate surface area is 107 Å². The van der Waals surface area contributed by atoms with Gasteiger partial charge in [0.1, 0.15) is 5.69 Å². The normalized spacial score (nSPS) is 23.9. The molecule has 1 saturated carbocycles. The molecule has 1 amide bonds. The highest BCUT2D eigenvalue weighted by Gasteiger charge is 2.22. The molecule has 0 saturated heterocycles. The van der Waals surface area contributed by atoms with E-state index in [1.807, 2.05) is 13.0 Å². The fourth-order valence-electron chi connectivity index (χ4n) is 2.39. The predicted octanol–water partition coefficient (Wildman–Crippen LogP) is 1.02. The first-order valence-corrected chi connectivity index (χ1v) is 6.62. The van der Waals surface area contributed by atoms with E-state index in [-0.39, 0.29) is 18.1 Å². The van der Waals surface area contributed by atoms with Gasteiger partial charge in [0, 0.05) is 13.1 Å². The lowest BCUT2D eigenvalue weighted by Crippen LogP contribution is -2.39. The average molecular weight is 251 g/mol. The fourth-order valence-corrected chi connectivity index (χ4v) is 2.39. The van der Waals surface area contributed by atoms with Gasteiger partial charge in [-0.25, -0.2) is 0 Å². The molecule has 0 unspecified atom stereocenters. The molecule has 1 aromatic heterocycles. The fraction of sp³-hybridized carbons (Fsp3) is 0.692. The third-order valence-corrected chi connectivity index (χ3v) is 3.56. The topological polar surface area (TPSA) is 67.2 Å². The molecule has 1 aromatic rings. The number of hydrogen-bond acceptors (Lipinski definition) is 3. The highest BCUT2D eigenvalue weighted by Crippen LogP contribution is 2.18. The summed E-state index contributed by atoms with van der Waals surface area (Å²) in [6, 6.07) is 2.02. The summed E-state index contributed by atoms with van der Waals surface area (Å²) in [6.07, 6.45) is 3.89. The molecule has 0 atom stereocenters. The molecule has 100 valence electrons. The average Bonchev–Trinajstić information content (AvgIpc) is 2.73. The smallest absolute Gasteiger partial charge is 0.269 e. The van der Waals surface area contributed by atoms with E-state index in [1.54, 1.807) is 11.7 Å². The van der Waals surface area contributed by atoms with E-state index >= 15 is 0 Å². The molecule has 2 rings (SSSR count). The molecule has 5 nitrogen and oxygen atoms in total. The van der Waals surface area contributed by atoms with Crippen LogP contribution in [0.25, 0.3) is 0 Å². The Morgan fingerprint density at radius 3 is 2.72 bits per heavy atom. The summed E-state index contributed by atoms with van der Waals surface area (Å²) < 4.78 is 1.63. The zero-order valence-electron chi connectivity index (χ0n) is 11.0. The number of nitrogens with zero attached hydrogens (tertiary/aromatic N) is 2. The molecular weight excluding hydrogens is 230 g/mol. The second-order valence-corrected chi connectivity index (χ2v) is 4.98. The number of rotatable bonds is 3. The molecule has 0 aliphatic heterocycles. The van der Waals surface area contributed by atoms with Gasteiger partial charge in [-0.15, -0.1) is 0 Å². The standard InChI is InChI=1S/C13H21N3O2/c1-3-9-8-12(16(2)15-9)13(18)14-10-4-6-11(17)7-5-10/h8,10-11,17H,3-7H2,1-2H3,(H,14,18). The first-order chi connectivity index (χ1) is 8.60. The highest BCUT2D eigenvalue weighted by atomic mass is 16.3. The van der Waals surface area contributed by atoms with Crippen molar-refractivity contribution in [2.45, 2.75) is 51.2 Å². The van der Waals surface area contributed by atoms with Crippen LogP contribution >= 0.6 is 0 Å². The van der Waals surface area contributed by atoms with E-state index < -0.39 is 0 Å². The minimum absolute atomic E-state index is 0.0638. The summed E-state index contributed by atoms with van der Waals surface area (Å²) in [7, 11) is 1.79. The Morgan fingerprint density at radius 2 is 2.17 bits per heavy atom. The Morgan fingerprint density at radius 1 is 1.50 bits per heavy atom. The van der Waals surface area contributed by atoms with Crippen LogP contribution in [0.4, 0.5) is 0 Å². The highest BCUT2D eigenvalue weighted by molar-refractivity contribution is 5.92. The number of nitrogens with one attached hydrogen (secondary N) is 1.